The van der Waals surface area contributed by atoms with Gasteiger partial charge in [0.15, 0.2) is 11.6 Å². The molecule has 0 amide bonds. The molecule has 7 nitrogen and oxygen atoms in total. The van der Waals surface area contributed by atoms with Crippen molar-refractivity contribution in [2.75, 3.05) is 18.6 Å². The molecule has 1 aliphatic rings. The molecule has 1 fully saturated rings. The molecule has 1 saturated heterocycles. The Morgan fingerprint density at radius 1 is 1.38 bits per heavy atom. The third kappa shape index (κ3) is 3.14. The van der Waals surface area contributed by atoms with Crippen LogP contribution in [-0.2, 0) is 11.3 Å². The Kier molecular flexibility index (Phi) is 4.31. The third-order valence-corrected chi connectivity index (χ3v) is 3.69. The maximum atomic E-state index is 5.85. The fraction of sp³-hybridized carbons (Fsp3) is 0.538. The number of aromatic amines is 1. The van der Waals surface area contributed by atoms with E-state index in [2.05, 4.69) is 30.0 Å². The molecule has 112 valence electrons. The Balaban J connectivity index is 1.84. The van der Waals surface area contributed by atoms with Gasteiger partial charge in [0.1, 0.15) is 6.61 Å². The Morgan fingerprint density at radius 3 is 2.95 bits per heavy atom. The van der Waals surface area contributed by atoms with Gasteiger partial charge in [-0.05, 0) is 19.3 Å². The maximum absolute atomic E-state index is 5.85. The predicted molar refractivity (Wildman–Crippen MR) is 78.1 cm³/mol. The fourth-order valence-corrected chi connectivity index (χ4v) is 2.65. The summed E-state index contributed by atoms with van der Waals surface area (Å²) in [5, 5.41) is 7.76. The molecular formula is C13H17ClN6O. The predicted octanol–water partition coefficient (Wildman–Crippen LogP) is 2.13. The molecule has 1 atom stereocenters. The van der Waals surface area contributed by atoms with Crippen LogP contribution in [0, 0.1) is 0 Å². The molecule has 3 heterocycles. The molecule has 0 unspecified atom stereocenters. The Labute approximate surface area is 127 Å². The van der Waals surface area contributed by atoms with E-state index in [0.717, 1.165) is 37.5 Å². The van der Waals surface area contributed by atoms with Gasteiger partial charge < -0.3 is 9.64 Å². The van der Waals surface area contributed by atoms with Crippen molar-refractivity contribution in [2.45, 2.75) is 31.9 Å². The van der Waals surface area contributed by atoms with Crippen LogP contribution in [0.3, 0.4) is 0 Å². The Hall–Kier alpha value is -1.73. The van der Waals surface area contributed by atoms with Gasteiger partial charge in [0.2, 0.25) is 5.95 Å². The first-order valence-electron chi connectivity index (χ1n) is 6.92. The first kappa shape index (κ1) is 14.2. The minimum Gasteiger partial charge on any atom is -0.377 e. The lowest BCUT2D eigenvalue weighted by Gasteiger charge is -2.33. The number of anilines is 1. The summed E-state index contributed by atoms with van der Waals surface area (Å²) in [5.74, 6) is 2.16. The summed E-state index contributed by atoms with van der Waals surface area (Å²) in [7, 11) is 1.64. The zero-order valence-electron chi connectivity index (χ0n) is 11.8. The van der Waals surface area contributed by atoms with Gasteiger partial charge >= 0.3 is 0 Å². The lowest BCUT2D eigenvalue weighted by atomic mass is 10.0. The van der Waals surface area contributed by atoms with E-state index in [9.17, 15) is 0 Å². The van der Waals surface area contributed by atoms with Crippen molar-refractivity contribution in [3.8, 4) is 0 Å². The van der Waals surface area contributed by atoms with Crippen LogP contribution in [0.2, 0.25) is 5.02 Å². The summed E-state index contributed by atoms with van der Waals surface area (Å²) in [6, 6.07) is 0.0850. The number of methoxy groups -OCH3 is 1. The monoisotopic (exact) mass is 308 g/mol. The highest BCUT2D eigenvalue weighted by Gasteiger charge is 2.29. The quantitative estimate of drug-likeness (QED) is 0.932. The second kappa shape index (κ2) is 6.36. The van der Waals surface area contributed by atoms with Gasteiger partial charge in [-0.3, -0.25) is 5.10 Å². The summed E-state index contributed by atoms with van der Waals surface area (Å²) >= 11 is 5.85. The highest BCUT2D eigenvalue weighted by atomic mass is 35.5. The van der Waals surface area contributed by atoms with Gasteiger partial charge in [-0.1, -0.05) is 11.6 Å². The lowest BCUT2D eigenvalue weighted by Crippen LogP contribution is -2.35. The number of aromatic nitrogens is 5. The molecule has 0 radical (unpaired) electrons. The largest absolute Gasteiger partial charge is 0.377 e. The standard InChI is InChI=1S/C13H17ClN6O/c1-21-8-11-17-12(19-18-11)10-4-2-3-5-20(10)13-15-6-9(14)7-16-13/h6-7,10H,2-5,8H2,1H3,(H,17,18,19)/t10-/m1/s1. The van der Waals surface area contributed by atoms with Crippen LogP contribution >= 0.6 is 11.6 Å². The maximum Gasteiger partial charge on any atom is 0.225 e. The molecule has 0 bridgehead atoms. The van der Waals surface area contributed by atoms with Crippen molar-refractivity contribution in [1.82, 2.24) is 25.1 Å². The van der Waals surface area contributed by atoms with Crippen LogP contribution in [0.4, 0.5) is 5.95 Å². The zero-order chi connectivity index (χ0) is 14.7. The van der Waals surface area contributed by atoms with Crippen molar-refractivity contribution in [3.05, 3.63) is 29.1 Å². The van der Waals surface area contributed by atoms with E-state index < -0.39 is 0 Å². The summed E-state index contributed by atoms with van der Waals surface area (Å²) in [5.41, 5.74) is 0. The number of nitrogens with one attached hydrogen (secondary N) is 1. The molecule has 2 aromatic rings. The lowest BCUT2D eigenvalue weighted by molar-refractivity contribution is 0.178. The number of ether oxygens (including phenoxy) is 1. The van der Waals surface area contributed by atoms with Crippen LogP contribution in [-0.4, -0.2) is 38.8 Å². The molecule has 3 rings (SSSR count). The average molecular weight is 309 g/mol. The zero-order valence-corrected chi connectivity index (χ0v) is 12.5. The first-order chi connectivity index (χ1) is 10.3. The minimum atomic E-state index is 0.0850. The molecule has 0 aromatic carbocycles. The minimum absolute atomic E-state index is 0.0850. The van der Waals surface area contributed by atoms with Gasteiger partial charge in [-0.2, -0.15) is 5.10 Å². The first-order valence-corrected chi connectivity index (χ1v) is 7.30. The normalized spacial score (nSPS) is 19.0. The molecule has 2 aromatic heterocycles. The van der Waals surface area contributed by atoms with Crippen LogP contribution in [0.1, 0.15) is 37.0 Å². The molecule has 0 saturated carbocycles. The van der Waals surface area contributed by atoms with Crippen LogP contribution in [0.15, 0.2) is 12.4 Å². The molecular weight excluding hydrogens is 292 g/mol. The van der Waals surface area contributed by atoms with Crippen LogP contribution in [0.5, 0.6) is 0 Å². The number of rotatable bonds is 4. The summed E-state index contributed by atoms with van der Waals surface area (Å²) < 4.78 is 5.07. The van der Waals surface area contributed by atoms with E-state index in [4.69, 9.17) is 16.3 Å². The summed E-state index contributed by atoms with van der Waals surface area (Å²) in [6.07, 6.45) is 6.46. The molecule has 0 aliphatic carbocycles. The second-order valence-electron chi connectivity index (χ2n) is 4.98. The third-order valence-electron chi connectivity index (χ3n) is 3.49. The fourth-order valence-electron chi connectivity index (χ4n) is 2.55. The number of halogens is 1. The van der Waals surface area contributed by atoms with Gasteiger partial charge in [-0.15, -0.1) is 0 Å². The van der Waals surface area contributed by atoms with E-state index in [0.29, 0.717) is 17.6 Å². The summed E-state index contributed by atoms with van der Waals surface area (Å²) in [6.45, 7) is 1.32. The average Bonchev–Trinajstić information content (AvgIpc) is 2.97. The topological polar surface area (TPSA) is 79.8 Å². The van der Waals surface area contributed by atoms with Crippen LogP contribution in [0.25, 0.3) is 0 Å². The highest BCUT2D eigenvalue weighted by molar-refractivity contribution is 6.30. The second-order valence-corrected chi connectivity index (χ2v) is 5.42. The number of H-pyrrole nitrogens is 1. The Bertz CT molecular complexity index is 587. The molecule has 1 N–H and O–H groups in total. The van der Waals surface area contributed by atoms with Crippen molar-refractivity contribution >= 4 is 17.5 Å². The Morgan fingerprint density at radius 2 is 2.19 bits per heavy atom. The van der Waals surface area contributed by atoms with E-state index in [-0.39, 0.29) is 6.04 Å². The van der Waals surface area contributed by atoms with Crippen LogP contribution < -0.4 is 4.90 Å². The number of piperidine rings is 1. The van der Waals surface area contributed by atoms with Gasteiger partial charge in [0.25, 0.3) is 0 Å². The number of nitrogens with zero attached hydrogens (tertiary/aromatic N) is 5. The number of hydrogen-bond donors (Lipinski definition) is 1. The van der Waals surface area contributed by atoms with Gasteiger partial charge in [0.05, 0.1) is 23.5 Å². The van der Waals surface area contributed by atoms with E-state index in [1.807, 2.05) is 0 Å². The van der Waals surface area contributed by atoms with E-state index >= 15 is 0 Å². The van der Waals surface area contributed by atoms with Crippen molar-refractivity contribution in [3.63, 3.8) is 0 Å². The number of hydrogen-bond acceptors (Lipinski definition) is 6. The van der Waals surface area contributed by atoms with E-state index in [1.54, 1.807) is 19.5 Å². The summed E-state index contributed by atoms with van der Waals surface area (Å²) in [4.78, 5) is 15.3. The molecule has 0 spiro atoms. The molecule has 1 aliphatic heterocycles. The van der Waals surface area contributed by atoms with E-state index in [1.165, 1.54) is 0 Å². The molecule has 21 heavy (non-hydrogen) atoms. The highest BCUT2D eigenvalue weighted by Crippen LogP contribution is 2.31. The smallest absolute Gasteiger partial charge is 0.225 e. The van der Waals surface area contributed by atoms with Crippen molar-refractivity contribution < 1.29 is 4.74 Å². The van der Waals surface area contributed by atoms with Gasteiger partial charge in [0, 0.05) is 13.7 Å². The van der Waals surface area contributed by atoms with Crippen molar-refractivity contribution in [1.29, 1.82) is 0 Å². The van der Waals surface area contributed by atoms with Crippen molar-refractivity contribution in [2.24, 2.45) is 0 Å². The SMILES string of the molecule is COCc1nc([C@H]2CCCCN2c2ncc(Cl)cn2)n[nH]1. The van der Waals surface area contributed by atoms with Gasteiger partial charge in [-0.25, -0.2) is 15.0 Å². The molecule has 8 heteroatoms.